The van der Waals surface area contributed by atoms with E-state index in [1.807, 2.05) is 0 Å². The molecule has 1 N–H and O–H groups in total. The van der Waals surface area contributed by atoms with Crippen molar-refractivity contribution >= 4 is 27.3 Å². The first-order chi connectivity index (χ1) is 9.23. The number of hydrogen-bond donors (Lipinski definition) is 1. The number of nitrogens with one attached hydrogen (secondary N) is 1. The first-order valence-corrected chi connectivity index (χ1v) is 9.06. The van der Waals surface area contributed by atoms with Crippen LogP contribution < -0.4 is 5.32 Å². The quantitative estimate of drug-likeness (QED) is 0.791. The van der Waals surface area contributed by atoms with Gasteiger partial charge in [-0.3, -0.25) is 0 Å². The van der Waals surface area contributed by atoms with E-state index in [0.29, 0.717) is 6.04 Å². The van der Waals surface area contributed by atoms with Gasteiger partial charge >= 0.3 is 0 Å². The van der Waals surface area contributed by atoms with Crippen LogP contribution in [-0.2, 0) is 4.74 Å². The fourth-order valence-electron chi connectivity index (χ4n) is 3.23. The number of halogens is 1. The summed E-state index contributed by atoms with van der Waals surface area (Å²) < 4.78 is 7.50. The van der Waals surface area contributed by atoms with E-state index in [9.17, 15) is 0 Å². The number of thiophene rings is 1. The van der Waals surface area contributed by atoms with E-state index in [0.717, 1.165) is 13.2 Å². The highest BCUT2D eigenvalue weighted by Crippen LogP contribution is 2.44. The van der Waals surface area contributed by atoms with Gasteiger partial charge in [0.2, 0.25) is 0 Å². The summed E-state index contributed by atoms with van der Waals surface area (Å²) in [6.07, 6.45) is 6.24. The third kappa shape index (κ3) is 3.41. The molecule has 1 aromatic heterocycles. The Morgan fingerprint density at radius 2 is 2.05 bits per heavy atom. The van der Waals surface area contributed by atoms with Gasteiger partial charge in [-0.2, -0.15) is 11.3 Å². The number of likely N-dealkylation sites (N-methyl/N-ethyl adjacent to an activating group) is 1. The van der Waals surface area contributed by atoms with Crippen molar-refractivity contribution < 1.29 is 4.74 Å². The van der Waals surface area contributed by atoms with Gasteiger partial charge in [0.05, 0.1) is 11.6 Å². The van der Waals surface area contributed by atoms with Crippen molar-refractivity contribution in [3.8, 4) is 0 Å². The molecule has 1 aromatic rings. The highest BCUT2D eigenvalue weighted by Gasteiger charge is 2.42. The van der Waals surface area contributed by atoms with E-state index >= 15 is 0 Å². The second-order valence-corrected chi connectivity index (χ2v) is 6.82. The van der Waals surface area contributed by atoms with Gasteiger partial charge in [0.1, 0.15) is 0 Å². The van der Waals surface area contributed by atoms with Gasteiger partial charge in [-0.1, -0.05) is 26.2 Å². The maximum Gasteiger partial charge on any atom is 0.0876 e. The van der Waals surface area contributed by atoms with Crippen molar-refractivity contribution in [1.29, 1.82) is 0 Å². The van der Waals surface area contributed by atoms with E-state index in [-0.39, 0.29) is 5.60 Å². The molecule has 1 atom stereocenters. The zero-order valence-electron chi connectivity index (χ0n) is 11.9. The van der Waals surface area contributed by atoms with Crippen LogP contribution in [0.3, 0.4) is 0 Å². The molecule has 1 fully saturated rings. The van der Waals surface area contributed by atoms with Crippen molar-refractivity contribution in [3.05, 3.63) is 20.8 Å². The van der Waals surface area contributed by atoms with Crippen LogP contribution in [0.4, 0.5) is 0 Å². The minimum atomic E-state index is -0.0212. The van der Waals surface area contributed by atoms with Crippen molar-refractivity contribution in [2.24, 2.45) is 0 Å². The summed E-state index contributed by atoms with van der Waals surface area (Å²) in [5.74, 6) is 0. The Bertz CT molecular complexity index is 382. The summed E-state index contributed by atoms with van der Waals surface area (Å²) in [5, 5.41) is 8.10. The maximum absolute atomic E-state index is 6.29. The number of rotatable bonds is 6. The molecule has 2 rings (SSSR count). The van der Waals surface area contributed by atoms with E-state index in [1.165, 1.54) is 42.1 Å². The van der Waals surface area contributed by atoms with Gasteiger partial charge in [-0.05, 0) is 53.2 Å². The van der Waals surface area contributed by atoms with Crippen LogP contribution in [0.2, 0.25) is 0 Å². The molecule has 0 spiro atoms. The molecule has 0 aliphatic heterocycles. The smallest absolute Gasteiger partial charge is 0.0876 e. The van der Waals surface area contributed by atoms with Crippen LogP contribution >= 0.6 is 27.3 Å². The largest absolute Gasteiger partial charge is 0.373 e. The molecule has 0 aromatic carbocycles. The van der Waals surface area contributed by atoms with Gasteiger partial charge in [0.25, 0.3) is 0 Å². The van der Waals surface area contributed by atoms with Gasteiger partial charge in [0, 0.05) is 16.5 Å². The monoisotopic (exact) mass is 345 g/mol. The third-order valence-corrected chi connectivity index (χ3v) is 5.77. The highest BCUT2D eigenvalue weighted by atomic mass is 79.9. The van der Waals surface area contributed by atoms with Gasteiger partial charge in [0.15, 0.2) is 0 Å². The Balaban J connectivity index is 2.31. The first-order valence-electron chi connectivity index (χ1n) is 7.32. The molecule has 0 amide bonds. The van der Waals surface area contributed by atoms with Crippen LogP contribution in [0.25, 0.3) is 0 Å². The zero-order valence-corrected chi connectivity index (χ0v) is 14.3. The minimum absolute atomic E-state index is 0.0212. The molecule has 1 heterocycles. The maximum atomic E-state index is 6.29. The number of ether oxygens (including phenoxy) is 1. The fraction of sp³-hybridized carbons (Fsp3) is 0.733. The summed E-state index contributed by atoms with van der Waals surface area (Å²) in [6, 6.07) is 0.304. The molecule has 0 radical (unpaired) electrons. The van der Waals surface area contributed by atoms with Crippen molar-refractivity contribution in [1.82, 2.24) is 5.32 Å². The predicted molar refractivity (Wildman–Crippen MR) is 85.9 cm³/mol. The molecule has 1 aliphatic carbocycles. The summed E-state index contributed by atoms with van der Waals surface area (Å²) in [4.78, 5) is 0. The van der Waals surface area contributed by atoms with Crippen LogP contribution in [0.15, 0.2) is 15.2 Å². The van der Waals surface area contributed by atoms with Crippen LogP contribution in [-0.4, -0.2) is 18.8 Å². The van der Waals surface area contributed by atoms with E-state index < -0.39 is 0 Å². The highest BCUT2D eigenvalue weighted by molar-refractivity contribution is 9.10. The standard InChI is InChI=1S/C15H24BrNOS/c1-3-17-14(12-10-19-11-13(12)16)15(18-4-2)8-6-5-7-9-15/h10-11,14,17H,3-9H2,1-2H3. The van der Waals surface area contributed by atoms with E-state index in [2.05, 4.69) is 45.9 Å². The topological polar surface area (TPSA) is 21.3 Å². The molecular formula is C15H24BrNOS. The molecule has 2 nitrogen and oxygen atoms in total. The van der Waals surface area contributed by atoms with Crippen molar-refractivity contribution in [2.45, 2.75) is 57.6 Å². The molecule has 108 valence electrons. The van der Waals surface area contributed by atoms with Crippen molar-refractivity contribution in [3.63, 3.8) is 0 Å². The Hall–Kier alpha value is 0.1000. The van der Waals surface area contributed by atoms with Crippen LogP contribution in [0, 0.1) is 0 Å². The second-order valence-electron chi connectivity index (χ2n) is 5.22. The predicted octanol–water partition coefficient (Wildman–Crippen LogP) is 4.90. The molecule has 1 aliphatic rings. The van der Waals surface area contributed by atoms with Gasteiger partial charge in [-0.25, -0.2) is 0 Å². The molecule has 0 saturated heterocycles. The lowest BCUT2D eigenvalue weighted by Crippen LogP contribution is -2.47. The van der Waals surface area contributed by atoms with Crippen molar-refractivity contribution in [2.75, 3.05) is 13.2 Å². The first kappa shape index (κ1) is 15.5. The summed E-state index contributed by atoms with van der Waals surface area (Å²) in [7, 11) is 0. The second kappa shape index (κ2) is 7.21. The SMILES string of the molecule is CCNC(c1cscc1Br)C1(OCC)CCCCC1. The Kier molecular flexibility index (Phi) is 5.87. The average molecular weight is 346 g/mol. The van der Waals surface area contributed by atoms with E-state index in [4.69, 9.17) is 4.74 Å². The summed E-state index contributed by atoms with van der Waals surface area (Å²) in [6.45, 7) is 6.06. The lowest BCUT2D eigenvalue weighted by atomic mass is 9.77. The van der Waals surface area contributed by atoms with E-state index in [1.54, 1.807) is 11.3 Å². The minimum Gasteiger partial charge on any atom is -0.373 e. The molecular weight excluding hydrogens is 322 g/mol. The lowest BCUT2D eigenvalue weighted by molar-refractivity contribution is -0.0910. The number of hydrogen-bond acceptors (Lipinski definition) is 3. The molecule has 1 saturated carbocycles. The van der Waals surface area contributed by atoms with Crippen LogP contribution in [0.1, 0.15) is 57.6 Å². The molecule has 0 bridgehead atoms. The molecule has 19 heavy (non-hydrogen) atoms. The van der Waals surface area contributed by atoms with Gasteiger partial charge < -0.3 is 10.1 Å². The average Bonchev–Trinajstić information content (AvgIpc) is 2.83. The summed E-state index contributed by atoms with van der Waals surface area (Å²) in [5.41, 5.74) is 1.34. The zero-order chi connectivity index (χ0) is 13.7. The normalized spacial score (nSPS) is 20.4. The Morgan fingerprint density at radius 3 is 2.58 bits per heavy atom. The lowest BCUT2D eigenvalue weighted by Gasteiger charge is -2.43. The Labute approximate surface area is 129 Å². The van der Waals surface area contributed by atoms with Gasteiger partial charge in [-0.15, -0.1) is 0 Å². The van der Waals surface area contributed by atoms with Crippen LogP contribution in [0.5, 0.6) is 0 Å². The Morgan fingerprint density at radius 1 is 1.32 bits per heavy atom. The molecule has 1 unspecified atom stereocenters. The molecule has 4 heteroatoms. The summed E-state index contributed by atoms with van der Waals surface area (Å²) >= 11 is 5.45. The fourth-order valence-corrected chi connectivity index (χ4v) is 4.79. The third-order valence-electron chi connectivity index (χ3n) is 4.02.